The van der Waals surface area contributed by atoms with E-state index in [2.05, 4.69) is 25.5 Å². The number of hydrogen-bond donors (Lipinski definition) is 3. The number of pyridine rings is 2. The molecule has 11 heteroatoms. The van der Waals surface area contributed by atoms with Gasteiger partial charge in [0.15, 0.2) is 5.65 Å². The van der Waals surface area contributed by atoms with Gasteiger partial charge in [-0.2, -0.15) is 18.3 Å². The summed E-state index contributed by atoms with van der Waals surface area (Å²) in [5, 5.41) is 10.6. The van der Waals surface area contributed by atoms with Crippen LogP contribution in [0.2, 0.25) is 0 Å². The van der Waals surface area contributed by atoms with E-state index in [0.29, 0.717) is 11.2 Å². The van der Waals surface area contributed by atoms with Crippen molar-refractivity contribution in [2.24, 2.45) is 5.73 Å². The third kappa shape index (κ3) is 5.42. The number of nitrogens with two attached hydrogens (primary N) is 1. The fourth-order valence-corrected chi connectivity index (χ4v) is 4.31. The summed E-state index contributed by atoms with van der Waals surface area (Å²) in [6.07, 6.45) is -1.38. The summed E-state index contributed by atoms with van der Waals surface area (Å²) >= 11 is 0. The number of anilines is 1. The smallest absolute Gasteiger partial charge is 0.365 e. The lowest BCUT2D eigenvalue weighted by molar-refractivity contribution is -0.138. The number of alkyl halides is 3. The van der Waals surface area contributed by atoms with Gasteiger partial charge in [0.25, 0.3) is 5.91 Å². The van der Waals surface area contributed by atoms with Gasteiger partial charge in [0.05, 0.1) is 23.0 Å². The second kappa shape index (κ2) is 10.2. The number of carbonyl (C=O) groups excluding carboxylic acids is 1. The van der Waals surface area contributed by atoms with E-state index in [1.54, 1.807) is 12.4 Å². The summed E-state index contributed by atoms with van der Waals surface area (Å²) in [5.74, 6) is -2.47. The Balaban J connectivity index is 1.44. The molecule has 2 aromatic carbocycles. The summed E-state index contributed by atoms with van der Waals surface area (Å²) in [6, 6.07) is 15.3. The van der Waals surface area contributed by atoms with Crippen LogP contribution in [0.15, 0.2) is 73.1 Å². The van der Waals surface area contributed by atoms with Gasteiger partial charge in [0.2, 0.25) is 0 Å². The summed E-state index contributed by atoms with van der Waals surface area (Å²) < 4.78 is 55.3. The van der Waals surface area contributed by atoms with Crippen molar-refractivity contribution >= 4 is 22.8 Å². The van der Waals surface area contributed by atoms with Crippen LogP contribution < -0.4 is 11.1 Å². The van der Waals surface area contributed by atoms with Crippen molar-refractivity contribution in [3.63, 3.8) is 0 Å². The molecule has 0 aliphatic carbocycles. The number of aromatic nitrogens is 4. The van der Waals surface area contributed by atoms with Crippen LogP contribution in [0.3, 0.4) is 0 Å². The number of aromatic amines is 1. The molecule has 0 bridgehead atoms. The predicted molar refractivity (Wildman–Crippen MR) is 138 cm³/mol. The minimum absolute atomic E-state index is 0.0712. The van der Waals surface area contributed by atoms with Crippen molar-refractivity contribution in [3.05, 3.63) is 107 Å². The molecular weight excluding hydrogens is 512 g/mol. The topological polar surface area (TPSA) is 110 Å². The first kappa shape index (κ1) is 25.8. The average molecular weight is 535 g/mol. The fraction of sp³-hybridized carbons (Fsp3) is 0.143. The number of benzene rings is 2. The summed E-state index contributed by atoms with van der Waals surface area (Å²) in [4.78, 5) is 20.7. The number of carbonyl (C=O) groups is 1. The lowest BCUT2D eigenvalue weighted by Crippen LogP contribution is -2.21. The molecule has 7 nitrogen and oxygen atoms in total. The average Bonchev–Trinajstić information content (AvgIpc) is 3.39. The molecule has 1 amide bonds. The fourth-order valence-electron chi connectivity index (χ4n) is 4.31. The summed E-state index contributed by atoms with van der Waals surface area (Å²) in [6.45, 7) is 1.70. The normalized spacial score (nSPS) is 12.4. The molecule has 0 spiro atoms. The summed E-state index contributed by atoms with van der Waals surface area (Å²) in [5.41, 5.74) is 7.38. The van der Waals surface area contributed by atoms with E-state index in [1.165, 1.54) is 31.2 Å². The van der Waals surface area contributed by atoms with Gasteiger partial charge in [-0.05, 0) is 41.0 Å². The second-order valence-electron chi connectivity index (χ2n) is 9.03. The maximum Gasteiger partial charge on any atom is 0.418 e. The minimum Gasteiger partial charge on any atom is -0.365 e. The first-order valence-electron chi connectivity index (χ1n) is 11.9. The van der Waals surface area contributed by atoms with Gasteiger partial charge < -0.3 is 11.1 Å². The van der Waals surface area contributed by atoms with Crippen LogP contribution in [-0.2, 0) is 12.7 Å². The molecule has 0 saturated carbocycles. The Morgan fingerprint density at radius 1 is 1.03 bits per heavy atom. The van der Waals surface area contributed by atoms with Gasteiger partial charge in [-0.15, -0.1) is 0 Å². The van der Waals surface area contributed by atoms with Crippen LogP contribution >= 0.6 is 0 Å². The van der Waals surface area contributed by atoms with E-state index in [4.69, 9.17) is 5.73 Å². The molecule has 39 heavy (non-hydrogen) atoms. The standard InChI is InChI=1S/C28H22F4N6O/c1-15(17-6-8-21(29)9-7-17)24-23(28(30,31)32)11-22(25(33)39)27(37-24)34-12-16-2-4-18(5-3-16)19-10-20-14-36-38-26(20)35-13-19/h2-11,13-15H,12H2,1H3,(H2,33,39)(H,34,37)(H,35,36,38)/t15-/m0/s1. The van der Waals surface area contributed by atoms with Gasteiger partial charge in [-0.25, -0.2) is 14.4 Å². The maximum atomic E-state index is 14.0. The van der Waals surface area contributed by atoms with Crippen LogP contribution in [0.5, 0.6) is 0 Å². The predicted octanol–water partition coefficient (Wildman–Crippen LogP) is 6.04. The van der Waals surface area contributed by atoms with Crippen molar-refractivity contribution in [1.29, 1.82) is 0 Å². The highest BCUT2D eigenvalue weighted by Gasteiger charge is 2.37. The zero-order valence-electron chi connectivity index (χ0n) is 20.6. The minimum atomic E-state index is -4.79. The SMILES string of the molecule is C[C@@H](c1ccc(F)cc1)c1nc(NCc2ccc(-c3cnc4[nH]ncc4c3)cc2)c(C(N)=O)cc1C(F)(F)F. The number of halogens is 4. The Morgan fingerprint density at radius 2 is 1.74 bits per heavy atom. The Morgan fingerprint density at radius 3 is 2.41 bits per heavy atom. The molecule has 3 heterocycles. The molecule has 4 N–H and O–H groups in total. The first-order valence-corrected chi connectivity index (χ1v) is 11.9. The highest BCUT2D eigenvalue weighted by Crippen LogP contribution is 2.38. The van der Waals surface area contributed by atoms with E-state index >= 15 is 0 Å². The molecular formula is C28H22F4N6O. The van der Waals surface area contributed by atoms with Crippen LogP contribution in [0.4, 0.5) is 23.4 Å². The van der Waals surface area contributed by atoms with E-state index in [1.807, 2.05) is 30.3 Å². The largest absolute Gasteiger partial charge is 0.418 e. The van der Waals surface area contributed by atoms with Gasteiger partial charge >= 0.3 is 6.18 Å². The number of primary amides is 1. The van der Waals surface area contributed by atoms with Gasteiger partial charge in [-0.1, -0.05) is 43.3 Å². The molecule has 0 unspecified atom stereocenters. The number of nitrogens with zero attached hydrogens (tertiary/aromatic N) is 3. The number of hydrogen-bond acceptors (Lipinski definition) is 5. The van der Waals surface area contributed by atoms with Crippen molar-refractivity contribution < 1.29 is 22.4 Å². The molecule has 5 rings (SSSR count). The van der Waals surface area contributed by atoms with Crippen LogP contribution in [0.1, 0.15) is 45.6 Å². The van der Waals surface area contributed by atoms with Crippen LogP contribution in [0.25, 0.3) is 22.2 Å². The Kier molecular flexibility index (Phi) is 6.73. The van der Waals surface area contributed by atoms with E-state index in [0.717, 1.165) is 28.1 Å². The molecule has 5 aromatic rings. The molecule has 1 atom stereocenters. The third-order valence-electron chi connectivity index (χ3n) is 6.44. The lowest BCUT2D eigenvalue weighted by Gasteiger charge is -2.21. The Hall–Kier alpha value is -4.80. The number of fused-ring (bicyclic) bond motifs is 1. The zero-order valence-corrected chi connectivity index (χ0v) is 20.6. The number of amides is 1. The molecule has 0 saturated heterocycles. The van der Waals surface area contributed by atoms with E-state index in [9.17, 15) is 22.4 Å². The van der Waals surface area contributed by atoms with E-state index < -0.39 is 29.4 Å². The number of rotatable bonds is 7. The maximum absolute atomic E-state index is 14.0. The van der Waals surface area contributed by atoms with Crippen LogP contribution in [-0.4, -0.2) is 26.1 Å². The van der Waals surface area contributed by atoms with Crippen molar-refractivity contribution in [1.82, 2.24) is 20.2 Å². The number of H-pyrrole nitrogens is 1. The van der Waals surface area contributed by atoms with Crippen molar-refractivity contribution in [3.8, 4) is 11.1 Å². The monoisotopic (exact) mass is 534 g/mol. The molecule has 198 valence electrons. The lowest BCUT2D eigenvalue weighted by atomic mass is 9.92. The molecule has 0 radical (unpaired) electrons. The quantitative estimate of drug-likeness (QED) is 0.221. The molecule has 3 aromatic heterocycles. The summed E-state index contributed by atoms with van der Waals surface area (Å²) in [7, 11) is 0. The Labute approximate surface area is 220 Å². The zero-order chi connectivity index (χ0) is 27.7. The van der Waals surface area contributed by atoms with Crippen LogP contribution in [0, 0.1) is 5.82 Å². The van der Waals surface area contributed by atoms with Crippen molar-refractivity contribution in [2.75, 3.05) is 5.32 Å². The van der Waals surface area contributed by atoms with Gasteiger partial charge in [0, 0.05) is 29.6 Å². The van der Waals surface area contributed by atoms with Crippen molar-refractivity contribution in [2.45, 2.75) is 25.6 Å². The highest BCUT2D eigenvalue weighted by atomic mass is 19.4. The second-order valence-corrected chi connectivity index (χ2v) is 9.03. The first-order chi connectivity index (χ1) is 18.6. The highest BCUT2D eigenvalue weighted by molar-refractivity contribution is 5.98. The third-order valence-corrected chi connectivity index (χ3v) is 6.44. The van der Waals surface area contributed by atoms with Gasteiger partial charge in [0.1, 0.15) is 11.6 Å². The van der Waals surface area contributed by atoms with Gasteiger partial charge in [-0.3, -0.25) is 9.89 Å². The van der Waals surface area contributed by atoms with E-state index in [-0.39, 0.29) is 23.6 Å². The number of nitrogens with one attached hydrogen (secondary N) is 2. The molecule has 0 aliphatic heterocycles. The Bertz CT molecular complexity index is 1650. The molecule has 0 fully saturated rings. The molecule has 0 aliphatic rings.